The maximum absolute atomic E-state index is 6.27. The highest BCUT2D eigenvalue weighted by Gasteiger charge is 2.27. The van der Waals surface area contributed by atoms with Crippen LogP contribution >= 0.6 is 0 Å². The van der Waals surface area contributed by atoms with E-state index in [9.17, 15) is 0 Å². The number of rotatable bonds is 3. The molecule has 0 fully saturated rings. The zero-order chi connectivity index (χ0) is 17.4. The van der Waals surface area contributed by atoms with Crippen molar-refractivity contribution in [2.45, 2.75) is 39.3 Å². The molecule has 2 aromatic rings. The Bertz CT molecular complexity index is 822. The number of fused-ring (bicyclic) bond motifs is 1. The number of aliphatic imine (C=N–C) groups is 1. The summed E-state index contributed by atoms with van der Waals surface area (Å²) in [5, 5.41) is 4.84. The molecule has 1 atom stereocenters. The monoisotopic (exact) mass is 337 g/mol. The molecule has 4 rings (SSSR count). The molecule has 0 aliphatic carbocycles. The SMILES string of the molecule is CC(C)N1C=CC(c2c(-c3ccccc3)nn3c2COCC3)=NC1N. The normalized spacial score (nSPS) is 19.9. The van der Waals surface area contributed by atoms with Gasteiger partial charge in [-0.05, 0) is 19.9 Å². The molecule has 1 aromatic carbocycles. The summed E-state index contributed by atoms with van der Waals surface area (Å²) < 4.78 is 7.72. The third-order valence-corrected chi connectivity index (χ3v) is 4.62. The molecule has 0 saturated heterocycles. The first-order valence-corrected chi connectivity index (χ1v) is 8.67. The highest BCUT2D eigenvalue weighted by atomic mass is 16.5. The van der Waals surface area contributed by atoms with Crippen LogP contribution < -0.4 is 5.73 Å². The molecule has 2 aliphatic rings. The standard InChI is InChI=1S/C19H23N5O/c1-13(2)23-9-8-15(21-19(23)20)17-16-12-25-11-10-24(16)22-18(17)14-6-4-3-5-7-14/h3-9,13,19H,10-12,20H2,1-2H3. The summed E-state index contributed by atoms with van der Waals surface area (Å²) in [5.41, 5.74) is 11.3. The van der Waals surface area contributed by atoms with Crippen molar-refractivity contribution in [3.63, 3.8) is 0 Å². The number of nitrogens with zero attached hydrogens (tertiary/aromatic N) is 4. The number of aromatic nitrogens is 2. The number of hydrogen-bond donors (Lipinski definition) is 1. The second kappa shape index (κ2) is 6.46. The molecule has 2 N–H and O–H groups in total. The predicted octanol–water partition coefficient (Wildman–Crippen LogP) is 2.35. The first-order chi connectivity index (χ1) is 12.1. The first-order valence-electron chi connectivity index (χ1n) is 8.67. The largest absolute Gasteiger partial charge is 0.373 e. The second-order valence-corrected chi connectivity index (χ2v) is 6.60. The Labute approximate surface area is 147 Å². The van der Waals surface area contributed by atoms with Gasteiger partial charge in [0, 0.05) is 17.8 Å². The molecule has 0 spiro atoms. The van der Waals surface area contributed by atoms with Gasteiger partial charge in [0.2, 0.25) is 0 Å². The molecule has 0 bridgehead atoms. The van der Waals surface area contributed by atoms with E-state index < -0.39 is 0 Å². The summed E-state index contributed by atoms with van der Waals surface area (Å²) in [7, 11) is 0. The maximum atomic E-state index is 6.27. The van der Waals surface area contributed by atoms with Gasteiger partial charge in [0.05, 0.1) is 36.7 Å². The third-order valence-electron chi connectivity index (χ3n) is 4.62. The second-order valence-electron chi connectivity index (χ2n) is 6.60. The minimum absolute atomic E-state index is 0.301. The van der Waals surface area contributed by atoms with Crippen LogP contribution in [0.15, 0.2) is 47.6 Å². The van der Waals surface area contributed by atoms with Crippen molar-refractivity contribution in [1.82, 2.24) is 14.7 Å². The Hall–Kier alpha value is -2.44. The summed E-state index contributed by atoms with van der Waals surface area (Å²) >= 11 is 0. The average molecular weight is 337 g/mol. The summed E-state index contributed by atoms with van der Waals surface area (Å²) in [5.74, 6) is 0. The van der Waals surface area contributed by atoms with Gasteiger partial charge in [0.15, 0.2) is 6.29 Å². The van der Waals surface area contributed by atoms with Gasteiger partial charge in [-0.25, -0.2) is 4.99 Å². The molecule has 0 saturated carbocycles. The fraction of sp³-hybridized carbons (Fsp3) is 0.368. The molecule has 130 valence electrons. The van der Waals surface area contributed by atoms with Crippen LogP contribution in [0.1, 0.15) is 25.1 Å². The van der Waals surface area contributed by atoms with Gasteiger partial charge in [-0.1, -0.05) is 30.3 Å². The van der Waals surface area contributed by atoms with Crippen LogP contribution in [0.4, 0.5) is 0 Å². The molecule has 0 amide bonds. The predicted molar refractivity (Wildman–Crippen MR) is 97.9 cm³/mol. The van der Waals surface area contributed by atoms with Crippen molar-refractivity contribution in [2.24, 2.45) is 10.7 Å². The lowest BCUT2D eigenvalue weighted by molar-refractivity contribution is 0.0799. The number of benzene rings is 1. The average Bonchev–Trinajstić information content (AvgIpc) is 3.01. The first kappa shape index (κ1) is 16.1. The van der Waals surface area contributed by atoms with Gasteiger partial charge in [0.1, 0.15) is 5.69 Å². The van der Waals surface area contributed by atoms with Crippen LogP contribution in [-0.2, 0) is 17.9 Å². The molecule has 25 heavy (non-hydrogen) atoms. The fourth-order valence-corrected chi connectivity index (χ4v) is 3.34. The van der Waals surface area contributed by atoms with Crippen LogP contribution in [0.5, 0.6) is 0 Å². The van der Waals surface area contributed by atoms with Gasteiger partial charge in [0.25, 0.3) is 0 Å². The Morgan fingerprint density at radius 2 is 2.04 bits per heavy atom. The summed E-state index contributed by atoms with van der Waals surface area (Å²) in [6.45, 7) is 6.21. The van der Waals surface area contributed by atoms with E-state index in [1.807, 2.05) is 40.1 Å². The van der Waals surface area contributed by atoms with Crippen molar-refractivity contribution in [1.29, 1.82) is 0 Å². The van der Waals surface area contributed by atoms with Gasteiger partial charge in [-0.15, -0.1) is 0 Å². The molecule has 1 aromatic heterocycles. The van der Waals surface area contributed by atoms with Crippen molar-refractivity contribution in [3.8, 4) is 11.3 Å². The molecule has 1 unspecified atom stereocenters. The Morgan fingerprint density at radius 3 is 2.76 bits per heavy atom. The van der Waals surface area contributed by atoms with Crippen molar-refractivity contribution < 1.29 is 4.74 Å². The van der Waals surface area contributed by atoms with E-state index in [1.165, 1.54) is 0 Å². The van der Waals surface area contributed by atoms with E-state index in [0.717, 1.165) is 34.8 Å². The number of hydrogen-bond acceptors (Lipinski definition) is 5. The Balaban J connectivity index is 1.83. The quantitative estimate of drug-likeness (QED) is 0.933. The van der Waals surface area contributed by atoms with E-state index in [0.29, 0.717) is 19.3 Å². The van der Waals surface area contributed by atoms with E-state index in [-0.39, 0.29) is 6.29 Å². The molecular formula is C19H23N5O. The van der Waals surface area contributed by atoms with Gasteiger partial charge < -0.3 is 9.64 Å². The number of nitrogens with two attached hydrogens (primary N) is 1. The molecular weight excluding hydrogens is 314 g/mol. The summed E-state index contributed by atoms with van der Waals surface area (Å²) in [6.07, 6.45) is 3.67. The van der Waals surface area contributed by atoms with Gasteiger partial charge >= 0.3 is 0 Å². The Morgan fingerprint density at radius 1 is 1.24 bits per heavy atom. The van der Waals surface area contributed by atoms with Gasteiger partial charge in [-0.2, -0.15) is 5.10 Å². The van der Waals surface area contributed by atoms with Crippen LogP contribution in [0.3, 0.4) is 0 Å². The zero-order valence-corrected chi connectivity index (χ0v) is 14.6. The van der Waals surface area contributed by atoms with Gasteiger partial charge in [-0.3, -0.25) is 10.4 Å². The molecule has 6 heteroatoms. The Kier molecular flexibility index (Phi) is 4.15. The summed E-state index contributed by atoms with van der Waals surface area (Å²) in [4.78, 5) is 6.79. The van der Waals surface area contributed by atoms with Crippen LogP contribution in [0.25, 0.3) is 11.3 Å². The lowest BCUT2D eigenvalue weighted by Crippen LogP contribution is -2.43. The van der Waals surface area contributed by atoms with E-state index in [2.05, 4.69) is 26.0 Å². The lowest BCUT2D eigenvalue weighted by Gasteiger charge is -2.31. The molecule has 6 nitrogen and oxygen atoms in total. The van der Waals surface area contributed by atoms with E-state index in [1.54, 1.807) is 0 Å². The third kappa shape index (κ3) is 2.88. The summed E-state index contributed by atoms with van der Waals surface area (Å²) in [6, 6.07) is 10.5. The number of ether oxygens (including phenoxy) is 1. The topological polar surface area (TPSA) is 68.7 Å². The fourth-order valence-electron chi connectivity index (χ4n) is 3.34. The van der Waals surface area contributed by atoms with Crippen LogP contribution in [-0.4, -0.2) is 39.3 Å². The van der Waals surface area contributed by atoms with Crippen molar-refractivity contribution >= 4 is 5.71 Å². The highest BCUT2D eigenvalue weighted by Crippen LogP contribution is 2.30. The minimum Gasteiger partial charge on any atom is -0.373 e. The highest BCUT2D eigenvalue weighted by molar-refractivity contribution is 6.13. The molecule has 2 aliphatic heterocycles. The van der Waals surface area contributed by atoms with Crippen LogP contribution in [0.2, 0.25) is 0 Å². The molecule has 0 radical (unpaired) electrons. The molecule has 3 heterocycles. The van der Waals surface area contributed by atoms with E-state index >= 15 is 0 Å². The van der Waals surface area contributed by atoms with Crippen molar-refractivity contribution in [2.75, 3.05) is 6.61 Å². The van der Waals surface area contributed by atoms with Crippen molar-refractivity contribution in [3.05, 3.63) is 53.9 Å². The lowest BCUT2D eigenvalue weighted by atomic mass is 10.0. The van der Waals surface area contributed by atoms with Crippen LogP contribution in [0, 0.1) is 0 Å². The smallest absolute Gasteiger partial charge is 0.174 e. The zero-order valence-electron chi connectivity index (χ0n) is 14.6. The minimum atomic E-state index is -0.385. The van der Waals surface area contributed by atoms with E-state index in [4.69, 9.17) is 20.6 Å². The maximum Gasteiger partial charge on any atom is 0.174 e. The number of allylic oxidation sites excluding steroid dienone is 1.